The maximum atomic E-state index is 15.0. The van der Waals surface area contributed by atoms with Gasteiger partial charge in [0, 0.05) is 42.8 Å². The second-order valence-electron chi connectivity index (χ2n) is 9.67. The van der Waals surface area contributed by atoms with Gasteiger partial charge in [-0.25, -0.2) is 9.18 Å². The van der Waals surface area contributed by atoms with Crippen LogP contribution in [0.25, 0.3) is 10.9 Å². The molecular weight excluding hydrogens is 499 g/mol. The van der Waals surface area contributed by atoms with Crippen LogP contribution in [0.3, 0.4) is 0 Å². The Labute approximate surface area is 218 Å². The van der Waals surface area contributed by atoms with Gasteiger partial charge in [-0.3, -0.25) is 14.6 Å². The number of carboxylic acid groups (broad SMARTS) is 2. The molecule has 1 aromatic heterocycles. The van der Waals surface area contributed by atoms with E-state index in [1.54, 1.807) is 4.57 Å². The summed E-state index contributed by atoms with van der Waals surface area (Å²) in [6.07, 6.45) is 4.53. The van der Waals surface area contributed by atoms with Crippen LogP contribution in [-0.2, 0) is 11.2 Å². The quantitative estimate of drug-likeness (QED) is 0.167. The Morgan fingerprint density at radius 2 is 1.87 bits per heavy atom. The number of carboxylic acids is 2. The summed E-state index contributed by atoms with van der Waals surface area (Å²) in [6, 6.07) is 0.395. The molecule has 1 aromatic carbocycles. The lowest BCUT2D eigenvalue weighted by molar-refractivity contribution is -0.138. The van der Waals surface area contributed by atoms with E-state index in [9.17, 15) is 24.6 Å². The summed E-state index contributed by atoms with van der Waals surface area (Å²) in [5.41, 5.74) is 16.3. The highest BCUT2D eigenvalue weighted by Crippen LogP contribution is 2.38. The van der Waals surface area contributed by atoms with E-state index < -0.39 is 29.2 Å². The molecule has 2 aliphatic heterocycles. The summed E-state index contributed by atoms with van der Waals surface area (Å²) in [4.78, 5) is 39.9. The highest BCUT2D eigenvalue weighted by atomic mass is 19.1. The molecule has 0 unspecified atom stereocenters. The fourth-order valence-corrected chi connectivity index (χ4v) is 4.86. The Bertz CT molecular complexity index is 1280. The number of nitrogens with two attached hydrogens (primary N) is 3. The molecule has 9 N–H and O–H groups in total. The summed E-state index contributed by atoms with van der Waals surface area (Å²) >= 11 is 0. The number of hydrogen-bond acceptors (Lipinski definition) is 7. The molecule has 0 radical (unpaired) electrons. The number of anilines is 1. The van der Waals surface area contributed by atoms with Crippen molar-refractivity contribution in [1.82, 2.24) is 4.57 Å². The van der Waals surface area contributed by atoms with Crippen LogP contribution in [0.4, 0.5) is 10.1 Å². The van der Waals surface area contributed by atoms with Gasteiger partial charge >= 0.3 is 11.9 Å². The number of aryl methyl sites for hydroxylation is 1. The predicted octanol–water partition coefficient (Wildman–Crippen LogP) is 0.759. The number of aliphatic carboxylic acids is 1. The highest BCUT2D eigenvalue weighted by molar-refractivity contribution is 5.95. The number of aromatic nitrogens is 1. The van der Waals surface area contributed by atoms with E-state index in [0.717, 1.165) is 12.0 Å². The molecule has 38 heavy (non-hydrogen) atoms. The molecule has 13 heteroatoms. The fourth-order valence-electron chi connectivity index (χ4n) is 4.86. The minimum absolute atomic E-state index is 0.0129. The monoisotopic (exact) mass is 534 g/mol. The van der Waals surface area contributed by atoms with E-state index in [1.807, 2.05) is 11.8 Å². The first-order valence-corrected chi connectivity index (χ1v) is 12.5. The molecule has 0 bridgehead atoms. The molecule has 0 saturated carbocycles. The number of halogens is 1. The number of guanidine groups is 1. The average molecular weight is 535 g/mol. The van der Waals surface area contributed by atoms with Gasteiger partial charge in [-0.1, -0.05) is 0 Å². The van der Waals surface area contributed by atoms with Gasteiger partial charge in [0.25, 0.3) is 0 Å². The second kappa shape index (κ2) is 12.2. The Hall–Kier alpha value is -3.71. The molecule has 3 heterocycles. The van der Waals surface area contributed by atoms with E-state index in [2.05, 4.69) is 4.99 Å². The zero-order valence-electron chi connectivity index (χ0n) is 21.3. The lowest BCUT2D eigenvalue weighted by atomic mass is 9.93. The molecule has 208 valence electrons. The van der Waals surface area contributed by atoms with Gasteiger partial charge < -0.3 is 42.0 Å². The molecule has 4 rings (SSSR count). The van der Waals surface area contributed by atoms with Gasteiger partial charge in [0.2, 0.25) is 5.43 Å². The number of piperidine rings is 1. The van der Waals surface area contributed by atoms with E-state index in [1.165, 1.54) is 12.3 Å². The lowest BCUT2D eigenvalue weighted by Gasteiger charge is -2.36. The Morgan fingerprint density at radius 1 is 1.21 bits per heavy atom. The zero-order chi connectivity index (χ0) is 28.1. The first-order valence-electron chi connectivity index (χ1n) is 12.5. The summed E-state index contributed by atoms with van der Waals surface area (Å²) in [5, 5.41) is 27.6. The van der Waals surface area contributed by atoms with Gasteiger partial charge in [0.05, 0.1) is 17.3 Å². The summed E-state index contributed by atoms with van der Waals surface area (Å²) < 4.78 is 16.8. The molecule has 2 aromatic rings. The van der Waals surface area contributed by atoms with Gasteiger partial charge in [0.1, 0.15) is 17.4 Å². The number of pyridine rings is 1. The average Bonchev–Trinajstić information content (AvgIpc) is 2.85. The Balaban J connectivity index is 0.000000284. The Kier molecular flexibility index (Phi) is 9.28. The molecule has 12 nitrogen and oxygen atoms in total. The largest absolute Gasteiger partial charge is 0.480 e. The number of aromatic carboxylic acids is 1. The van der Waals surface area contributed by atoms with E-state index in [0.29, 0.717) is 62.9 Å². The topological polar surface area (TPSA) is 210 Å². The third-order valence-corrected chi connectivity index (χ3v) is 6.92. The van der Waals surface area contributed by atoms with Gasteiger partial charge in [-0.15, -0.1) is 0 Å². The smallest absolute Gasteiger partial charge is 0.341 e. The van der Waals surface area contributed by atoms with Crippen molar-refractivity contribution in [2.45, 2.75) is 63.6 Å². The van der Waals surface area contributed by atoms with Gasteiger partial charge in [-0.05, 0) is 51.5 Å². The van der Waals surface area contributed by atoms with Crippen molar-refractivity contribution >= 4 is 34.5 Å². The van der Waals surface area contributed by atoms with E-state index in [-0.39, 0.29) is 29.1 Å². The lowest BCUT2D eigenvalue weighted by Crippen LogP contribution is -2.37. The van der Waals surface area contributed by atoms with Crippen LogP contribution in [0.2, 0.25) is 0 Å². The van der Waals surface area contributed by atoms with Crippen molar-refractivity contribution in [3.05, 3.63) is 39.4 Å². The summed E-state index contributed by atoms with van der Waals surface area (Å²) in [5.74, 6) is -2.78. The molecule has 2 atom stereocenters. The summed E-state index contributed by atoms with van der Waals surface area (Å²) in [7, 11) is 0. The van der Waals surface area contributed by atoms with Gasteiger partial charge in [0.15, 0.2) is 5.96 Å². The number of aliphatic hydroxyl groups is 1. The van der Waals surface area contributed by atoms with Crippen LogP contribution >= 0.6 is 0 Å². The molecule has 0 aliphatic carbocycles. The van der Waals surface area contributed by atoms with Crippen molar-refractivity contribution < 1.29 is 29.3 Å². The first kappa shape index (κ1) is 28.9. The third kappa shape index (κ3) is 6.40. The maximum Gasteiger partial charge on any atom is 0.341 e. The third-order valence-electron chi connectivity index (χ3n) is 6.92. The number of nitrogens with zero attached hydrogens (tertiary/aromatic N) is 3. The molecular formula is C25H35FN6O6. The molecule has 1 fully saturated rings. The van der Waals surface area contributed by atoms with Crippen LogP contribution in [0.1, 0.15) is 61.0 Å². The highest BCUT2D eigenvalue weighted by Gasteiger charge is 2.30. The number of aliphatic hydroxyl groups excluding tert-OH is 1. The number of benzene rings is 1. The van der Waals surface area contributed by atoms with Crippen molar-refractivity contribution in [3.8, 4) is 0 Å². The second-order valence-corrected chi connectivity index (χ2v) is 9.67. The SMILES string of the molecule is C[C@@H]1CCc2c(N3CCC(O)CC3)c(F)cc3c(=O)c(C(=O)O)cn1c23.NC(N)=NCCC[C@H](N)C(=O)O. The van der Waals surface area contributed by atoms with Crippen LogP contribution in [0, 0.1) is 5.82 Å². The van der Waals surface area contributed by atoms with Crippen LogP contribution < -0.4 is 27.5 Å². The fraction of sp³-hybridized carbons (Fsp3) is 0.520. The minimum Gasteiger partial charge on any atom is -0.480 e. The molecule has 1 saturated heterocycles. The van der Waals surface area contributed by atoms with Crippen LogP contribution in [0.5, 0.6) is 0 Å². The maximum absolute atomic E-state index is 15.0. The van der Waals surface area contributed by atoms with E-state index in [4.69, 9.17) is 22.3 Å². The van der Waals surface area contributed by atoms with Gasteiger partial charge in [-0.2, -0.15) is 0 Å². The normalized spacial score (nSPS) is 17.9. The molecule has 2 aliphatic rings. The molecule has 0 spiro atoms. The van der Waals surface area contributed by atoms with Crippen LogP contribution in [0.15, 0.2) is 22.1 Å². The van der Waals surface area contributed by atoms with E-state index >= 15 is 4.39 Å². The number of hydrogen-bond donors (Lipinski definition) is 6. The van der Waals surface area contributed by atoms with Crippen molar-refractivity contribution in [2.75, 3.05) is 24.5 Å². The number of aliphatic imine (C=N–C) groups is 1. The summed E-state index contributed by atoms with van der Waals surface area (Å²) in [6.45, 7) is 3.51. The number of rotatable bonds is 7. The Morgan fingerprint density at radius 3 is 2.45 bits per heavy atom. The first-order chi connectivity index (χ1) is 17.9. The van der Waals surface area contributed by atoms with Crippen molar-refractivity contribution in [2.24, 2.45) is 22.2 Å². The zero-order valence-corrected chi connectivity index (χ0v) is 21.3. The molecule has 0 amide bonds. The number of carbonyl (C=O) groups is 2. The van der Waals surface area contributed by atoms with Crippen molar-refractivity contribution in [3.63, 3.8) is 0 Å². The van der Waals surface area contributed by atoms with Crippen molar-refractivity contribution in [1.29, 1.82) is 0 Å². The minimum atomic E-state index is -1.30. The standard InChI is InChI=1S/C19H21FN2O4.C6H14N4O2/c1-10-2-3-12-16-13(18(24)14(19(25)26)9-22(10)16)8-15(20)17(12)21-6-4-11(23)5-7-21;7-4(5(11)12)2-1-3-10-6(8)9/h8-11,23H,2-7H2,1H3,(H,25,26);4H,1-3,7H2,(H,11,12)(H4,8,9,10)/t10-;4-/m10/s1. The van der Waals surface area contributed by atoms with Crippen LogP contribution in [-0.4, -0.2) is 69.6 Å². The predicted molar refractivity (Wildman–Crippen MR) is 141 cm³/mol.